The molecule has 1 aromatic carbocycles. The van der Waals surface area contributed by atoms with Crippen molar-refractivity contribution in [3.8, 4) is 6.07 Å². The van der Waals surface area contributed by atoms with Gasteiger partial charge in [-0.25, -0.2) is 4.39 Å². The molecule has 0 saturated carbocycles. The van der Waals surface area contributed by atoms with E-state index in [1.54, 1.807) is 20.7 Å². The number of nitriles is 1. The highest BCUT2D eigenvalue weighted by Gasteiger charge is 2.37. The molecule has 2 amide bonds. The minimum Gasteiger partial charge on any atom is -0.350 e. The lowest BCUT2D eigenvalue weighted by Crippen LogP contribution is -2.44. The molecule has 5 heterocycles. The van der Waals surface area contributed by atoms with Crippen molar-refractivity contribution >= 4 is 22.7 Å². The molecule has 2 aliphatic rings. The molecule has 1 N–H and O–H groups in total. The summed E-state index contributed by atoms with van der Waals surface area (Å²) in [6.45, 7) is 3.70. The van der Waals surface area contributed by atoms with Gasteiger partial charge in [-0.05, 0) is 37.3 Å². The van der Waals surface area contributed by atoms with Crippen LogP contribution in [-0.4, -0.2) is 53.9 Å². The number of aromatic nitrogens is 4. The van der Waals surface area contributed by atoms with Crippen LogP contribution < -0.4 is 0 Å². The van der Waals surface area contributed by atoms with Crippen molar-refractivity contribution in [2.75, 3.05) is 6.54 Å². The van der Waals surface area contributed by atoms with Crippen LogP contribution in [0.1, 0.15) is 50.4 Å². The van der Waals surface area contributed by atoms with Gasteiger partial charge in [-0.3, -0.25) is 19.3 Å². The van der Waals surface area contributed by atoms with E-state index in [9.17, 15) is 19.2 Å². The average molecular weight is 484 g/mol. The van der Waals surface area contributed by atoms with Gasteiger partial charge in [0.1, 0.15) is 23.3 Å². The van der Waals surface area contributed by atoms with Gasteiger partial charge < -0.3 is 14.8 Å². The second-order valence-electron chi connectivity index (χ2n) is 9.21. The Bertz CT molecular complexity index is 1570. The summed E-state index contributed by atoms with van der Waals surface area (Å²) in [5, 5.41) is 14.4. The standard InChI is InChI=1S/C26H22FN7O2/c1-15-10-22-19(24-26(36)32(8-9-34(24)31-22)13-16-4-2-3-7-29-16)14-33(15)25(35)23-11-17-18(12-28)20(27)5-6-21(17)30-23/h2-7,11,15,30H,8-10,13-14H2,1H3/t15-/m1/s1. The van der Waals surface area contributed by atoms with Crippen LogP contribution in [0.25, 0.3) is 10.9 Å². The third-order valence-corrected chi connectivity index (χ3v) is 6.99. The van der Waals surface area contributed by atoms with Gasteiger partial charge in [-0.2, -0.15) is 10.4 Å². The molecule has 2 aliphatic heterocycles. The highest BCUT2D eigenvalue weighted by atomic mass is 19.1. The van der Waals surface area contributed by atoms with Crippen LogP contribution in [0.5, 0.6) is 0 Å². The van der Waals surface area contributed by atoms with Gasteiger partial charge in [0.05, 0.1) is 36.6 Å². The first-order chi connectivity index (χ1) is 17.4. The number of H-pyrrole nitrogens is 1. The summed E-state index contributed by atoms with van der Waals surface area (Å²) >= 11 is 0. The molecular weight excluding hydrogens is 461 g/mol. The number of hydrogen-bond donors (Lipinski definition) is 1. The van der Waals surface area contributed by atoms with Gasteiger partial charge in [0.15, 0.2) is 0 Å². The number of aromatic amines is 1. The van der Waals surface area contributed by atoms with Gasteiger partial charge in [-0.1, -0.05) is 6.07 Å². The molecule has 4 aromatic rings. The summed E-state index contributed by atoms with van der Waals surface area (Å²) < 4.78 is 15.8. The predicted molar refractivity (Wildman–Crippen MR) is 127 cm³/mol. The maximum atomic E-state index is 14.1. The molecule has 9 nitrogen and oxygen atoms in total. The number of rotatable bonds is 3. The topological polar surface area (TPSA) is 111 Å². The molecule has 6 rings (SSSR count). The van der Waals surface area contributed by atoms with Crippen LogP contribution in [0.4, 0.5) is 4.39 Å². The molecule has 0 radical (unpaired) electrons. The van der Waals surface area contributed by atoms with E-state index in [1.807, 2.05) is 31.2 Å². The summed E-state index contributed by atoms with van der Waals surface area (Å²) in [4.78, 5) is 37.8. The van der Waals surface area contributed by atoms with Crippen molar-refractivity contribution in [2.45, 2.75) is 39.0 Å². The minimum absolute atomic E-state index is 0.0962. The van der Waals surface area contributed by atoms with E-state index in [0.29, 0.717) is 42.7 Å². The van der Waals surface area contributed by atoms with Gasteiger partial charge in [0.25, 0.3) is 11.8 Å². The molecular formula is C26H22FN7O2. The zero-order chi connectivity index (χ0) is 25.0. The Morgan fingerprint density at radius 2 is 2.14 bits per heavy atom. The molecule has 0 unspecified atom stereocenters. The number of nitrogens with one attached hydrogen (secondary N) is 1. The average Bonchev–Trinajstić information content (AvgIpc) is 3.47. The van der Waals surface area contributed by atoms with Crippen LogP contribution in [-0.2, 0) is 26.1 Å². The lowest BCUT2D eigenvalue weighted by atomic mass is 9.98. The monoisotopic (exact) mass is 483 g/mol. The van der Waals surface area contributed by atoms with Crippen LogP contribution in [0.15, 0.2) is 42.6 Å². The van der Waals surface area contributed by atoms with E-state index in [2.05, 4.69) is 9.97 Å². The van der Waals surface area contributed by atoms with Crippen LogP contribution in [0, 0.1) is 17.1 Å². The molecule has 0 fully saturated rings. The second kappa shape index (κ2) is 8.30. The van der Waals surface area contributed by atoms with E-state index in [0.717, 1.165) is 17.0 Å². The van der Waals surface area contributed by atoms with Crippen molar-refractivity contribution in [3.05, 3.63) is 82.3 Å². The number of pyridine rings is 1. The van der Waals surface area contributed by atoms with E-state index in [4.69, 9.17) is 5.10 Å². The third kappa shape index (κ3) is 3.43. The normalized spacial score (nSPS) is 17.1. The number of halogens is 1. The molecule has 1 atom stereocenters. The molecule has 180 valence electrons. The van der Waals surface area contributed by atoms with Crippen LogP contribution in [0.2, 0.25) is 0 Å². The maximum Gasteiger partial charge on any atom is 0.272 e. The Hall–Kier alpha value is -4.52. The van der Waals surface area contributed by atoms with Gasteiger partial charge in [0.2, 0.25) is 0 Å². The Kier molecular flexibility index (Phi) is 5.07. The fourth-order valence-corrected chi connectivity index (χ4v) is 5.13. The van der Waals surface area contributed by atoms with E-state index < -0.39 is 5.82 Å². The first kappa shape index (κ1) is 22.0. The lowest BCUT2D eigenvalue weighted by molar-refractivity contribution is 0.0633. The number of benzene rings is 1. The van der Waals surface area contributed by atoms with Crippen molar-refractivity contribution in [1.29, 1.82) is 5.26 Å². The molecule has 0 aliphatic carbocycles. The number of nitrogens with zero attached hydrogens (tertiary/aromatic N) is 6. The quantitative estimate of drug-likeness (QED) is 0.482. The second-order valence-corrected chi connectivity index (χ2v) is 9.21. The Balaban J connectivity index is 1.31. The number of carbonyl (C=O) groups excluding carboxylic acids is 2. The van der Waals surface area contributed by atoms with Crippen molar-refractivity contribution < 1.29 is 14.0 Å². The Morgan fingerprint density at radius 1 is 1.28 bits per heavy atom. The Morgan fingerprint density at radius 3 is 2.92 bits per heavy atom. The van der Waals surface area contributed by atoms with E-state index >= 15 is 0 Å². The van der Waals surface area contributed by atoms with Gasteiger partial charge in [0, 0.05) is 41.7 Å². The summed E-state index contributed by atoms with van der Waals surface area (Å²) in [6, 6.07) is 11.6. The fourth-order valence-electron chi connectivity index (χ4n) is 5.13. The summed E-state index contributed by atoms with van der Waals surface area (Å²) in [7, 11) is 0. The lowest BCUT2D eigenvalue weighted by Gasteiger charge is -2.33. The Labute approximate surface area is 205 Å². The first-order valence-electron chi connectivity index (χ1n) is 11.7. The molecule has 36 heavy (non-hydrogen) atoms. The van der Waals surface area contributed by atoms with Crippen molar-refractivity contribution in [2.24, 2.45) is 0 Å². The van der Waals surface area contributed by atoms with Gasteiger partial charge in [-0.15, -0.1) is 0 Å². The maximum absolute atomic E-state index is 14.1. The molecule has 0 spiro atoms. The summed E-state index contributed by atoms with van der Waals surface area (Å²) in [5.41, 5.74) is 3.61. The molecule has 10 heteroatoms. The van der Waals surface area contributed by atoms with Gasteiger partial charge >= 0.3 is 0 Å². The number of carbonyl (C=O) groups is 2. The largest absolute Gasteiger partial charge is 0.350 e. The summed E-state index contributed by atoms with van der Waals surface area (Å²) in [5.74, 6) is -1.02. The van der Waals surface area contributed by atoms with Crippen molar-refractivity contribution in [3.63, 3.8) is 0 Å². The predicted octanol–water partition coefficient (Wildman–Crippen LogP) is 3.01. The number of hydrogen-bond acceptors (Lipinski definition) is 5. The zero-order valence-electron chi connectivity index (χ0n) is 19.5. The highest BCUT2D eigenvalue weighted by molar-refractivity contribution is 6.00. The minimum atomic E-state index is -0.626. The van der Waals surface area contributed by atoms with Crippen LogP contribution in [0.3, 0.4) is 0 Å². The SMILES string of the molecule is C[C@@H]1Cc2nn3c(c2CN1C(=O)c1cc2c(C#N)c(F)ccc2[nH]1)C(=O)N(Cc1ccccn1)CC3. The molecule has 0 saturated heterocycles. The summed E-state index contributed by atoms with van der Waals surface area (Å²) in [6.07, 6.45) is 2.23. The molecule has 3 aromatic heterocycles. The highest BCUT2D eigenvalue weighted by Crippen LogP contribution is 2.31. The molecule has 0 bridgehead atoms. The first-order valence-corrected chi connectivity index (χ1v) is 11.7. The number of fused-ring (bicyclic) bond motifs is 4. The number of amides is 2. The van der Waals surface area contributed by atoms with E-state index in [1.165, 1.54) is 18.2 Å². The van der Waals surface area contributed by atoms with Crippen LogP contribution >= 0.6 is 0 Å². The fraction of sp³-hybridized carbons (Fsp3) is 0.269. The van der Waals surface area contributed by atoms with Crippen molar-refractivity contribution in [1.82, 2.24) is 29.5 Å². The zero-order valence-corrected chi connectivity index (χ0v) is 19.5. The van der Waals surface area contributed by atoms with E-state index in [-0.39, 0.29) is 35.7 Å². The third-order valence-electron chi connectivity index (χ3n) is 6.99. The smallest absolute Gasteiger partial charge is 0.272 e.